The van der Waals surface area contributed by atoms with Gasteiger partial charge in [0.05, 0.1) is 39.5 Å². The predicted octanol–water partition coefficient (Wildman–Crippen LogP) is 1.62. The zero-order valence-corrected chi connectivity index (χ0v) is 26.0. The molecule has 4 unspecified atom stereocenters. The molecule has 1 aromatic rings. The number of nitrogens with zero attached hydrogens (tertiary/aromatic N) is 1. The van der Waals surface area contributed by atoms with Crippen molar-refractivity contribution in [3.63, 3.8) is 0 Å². The van der Waals surface area contributed by atoms with Crippen molar-refractivity contribution >= 4 is 23.5 Å². The van der Waals surface area contributed by atoms with E-state index >= 15 is 0 Å². The summed E-state index contributed by atoms with van der Waals surface area (Å²) in [5, 5.41) is 8.57. The van der Waals surface area contributed by atoms with E-state index < -0.39 is 35.5 Å². The highest BCUT2D eigenvalue weighted by Gasteiger charge is 2.50. The third kappa shape index (κ3) is 9.74. The molecule has 11 nitrogen and oxygen atoms in total. The number of hydrogen-bond donors (Lipinski definition) is 3. The molecule has 3 N–H and O–H groups in total. The van der Waals surface area contributed by atoms with Gasteiger partial charge >= 0.3 is 0 Å². The zero-order valence-electron chi connectivity index (χ0n) is 26.0. The van der Waals surface area contributed by atoms with Crippen LogP contribution in [0.15, 0.2) is 24.3 Å². The first-order valence-electron chi connectivity index (χ1n) is 15.6. The third-order valence-electron chi connectivity index (χ3n) is 8.91. The average Bonchev–Trinajstić information content (AvgIpc) is 3.76. The molecule has 43 heavy (non-hydrogen) atoms. The fourth-order valence-electron chi connectivity index (χ4n) is 5.84. The molecule has 1 saturated carbocycles. The Hall–Kier alpha value is -3.02. The number of amides is 3. The molecule has 0 radical (unpaired) electrons. The first kappa shape index (κ1) is 32.9. The summed E-state index contributed by atoms with van der Waals surface area (Å²) in [6.07, 6.45) is 5.01. The van der Waals surface area contributed by atoms with Crippen molar-refractivity contribution in [3.8, 4) is 5.75 Å². The van der Waals surface area contributed by atoms with Gasteiger partial charge in [-0.15, -0.1) is 0 Å². The molecule has 238 valence electrons. The Morgan fingerprint density at radius 2 is 1.60 bits per heavy atom. The van der Waals surface area contributed by atoms with E-state index in [4.69, 9.17) is 14.2 Å². The zero-order chi connectivity index (χ0) is 31.0. The van der Waals surface area contributed by atoms with Gasteiger partial charge in [0.2, 0.25) is 17.7 Å². The number of benzene rings is 1. The monoisotopic (exact) mass is 600 g/mol. The first-order valence-corrected chi connectivity index (χ1v) is 15.6. The number of ketones is 1. The Bertz CT molecular complexity index is 1110. The third-order valence-corrected chi connectivity index (χ3v) is 8.91. The SMILES string of the molecule is COc1ccc(CC(NC(=O)C(C)NC(=O)CN2CCOCC2)C(=O)NC(CC2CCC(C)CC2)C(=O)C2(C)CO2)cc1. The smallest absolute Gasteiger partial charge is 0.243 e. The van der Waals surface area contributed by atoms with E-state index in [1.807, 2.05) is 17.0 Å². The summed E-state index contributed by atoms with van der Waals surface area (Å²) in [7, 11) is 1.58. The number of ether oxygens (including phenoxy) is 3. The van der Waals surface area contributed by atoms with Gasteiger partial charge in [0.25, 0.3) is 0 Å². The number of morpholine rings is 1. The van der Waals surface area contributed by atoms with Crippen molar-refractivity contribution in [1.29, 1.82) is 0 Å². The predicted molar refractivity (Wildman–Crippen MR) is 161 cm³/mol. The Labute approximate surface area is 254 Å². The Morgan fingerprint density at radius 3 is 2.21 bits per heavy atom. The standard InChI is InChI=1S/C32H48N4O7/c1-21-5-7-23(8-6-21)17-26(29(38)32(3)20-43-32)34-31(40)27(18-24-9-11-25(41-4)12-10-24)35-30(39)22(2)33-28(37)19-36-13-15-42-16-14-36/h9-12,21-23,26-27H,5-8,13-20H2,1-4H3,(H,33,37)(H,34,40)(H,35,39). The summed E-state index contributed by atoms with van der Waals surface area (Å²) in [6, 6.07) is 4.73. The lowest BCUT2D eigenvalue weighted by Crippen LogP contribution is -2.57. The summed E-state index contributed by atoms with van der Waals surface area (Å²) in [4.78, 5) is 55.1. The lowest BCUT2D eigenvalue weighted by Gasteiger charge is -2.31. The molecule has 3 fully saturated rings. The summed E-state index contributed by atoms with van der Waals surface area (Å²) < 4.78 is 16.0. The molecular formula is C32H48N4O7. The number of methoxy groups -OCH3 is 1. The van der Waals surface area contributed by atoms with Gasteiger partial charge < -0.3 is 30.2 Å². The molecule has 2 saturated heterocycles. The van der Waals surface area contributed by atoms with Gasteiger partial charge in [0, 0.05) is 19.5 Å². The second kappa shape index (κ2) is 15.1. The van der Waals surface area contributed by atoms with E-state index in [1.54, 1.807) is 33.1 Å². The van der Waals surface area contributed by atoms with Crippen LogP contribution in [0.5, 0.6) is 5.75 Å². The van der Waals surface area contributed by atoms with Gasteiger partial charge in [-0.3, -0.25) is 24.1 Å². The molecular weight excluding hydrogens is 552 g/mol. The molecule has 0 bridgehead atoms. The van der Waals surface area contributed by atoms with E-state index in [-0.39, 0.29) is 24.7 Å². The largest absolute Gasteiger partial charge is 0.497 e. The number of carbonyl (C=O) groups excluding carboxylic acids is 4. The molecule has 4 rings (SSSR count). The molecule has 0 aromatic heterocycles. The van der Waals surface area contributed by atoms with Crippen LogP contribution in [0.3, 0.4) is 0 Å². The van der Waals surface area contributed by atoms with Crippen LogP contribution in [0, 0.1) is 11.8 Å². The van der Waals surface area contributed by atoms with Gasteiger partial charge in [-0.05, 0) is 49.8 Å². The van der Waals surface area contributed by atoms with E-state index in [9.17, 15) is 19.2 Å². The number of carbonyl (C=O) groups is 4. The molecule has 3 amide bonds. The maximum absolute atomic E-state index is 13.8. The molecule has 3 aliphatic rings. The molecule has 0 spiro atoms. The van der Waals surface area contributed by atoms with E-state index in [2.05, 4.69) is 22.9 Å². The minimum Gasteiger partial charge on any atom is -0.497 e. The second-order valence-electron chi connectivity index (χ2n) is 12.6. The van der Waals surface area contributed by atoms with Crippen LogP contribution in [0.25, 0.3) is 0 Å². The van der Waals surface area contributed by atoms with Crippen LogP contribution < -0.4 is 20.7 Å². The van der Waals surface area contributed by atoms with Gasteiger partial charge in [-0.1, -0.05) is 44.7 Å². The first-order chi connectivity index (χ1) is 20.6. The average molecular weight is 601 g/mol. The van der Waals surface area contributed by atoms with Crippen LogP contribution in [0.4, 0.5) is 0 Å². The molecule has 2 heterocycles. The van der Waals surface area contributed by atoms with Crippen LogP contribution in [0.2, 0.25) is 0 Å². The lowest BCUT2D eigenvalue weighted by molar-refractivity contribution is -0.134. The Balaban J connectivity index is 1.44. The van der Waals surface area contributed by atoms with Gasteiger partial charge in [0.15, 0.2) is 5.78 Å². The number of rotatable bonds is 14. The van der Waals surface area contributed by atoms with Gasteiger partial charge in [0.1, 0.15) is 23.4 Å². The van der Waals surface area contributed by atoms with Crippen molar-refractivity contribution in [3.05, 3.63) is 29.8 Å². The Kier molecular flexibility index (Phi) is 11.6. The highest BCUT2D eigenvalue weighted by molar-refractivity contribution is 5.98. The fourth-order valence-corrected chi connectivity index (χ4v) is 5.84. The highest BCUT2D eigenvalue weighted by atomic mass is 16.6. The van der Waals surface area contributed by atoms with Crippen molar-refractivity contribution in [2.24, 2.45) is 11.8 Å². The Morgan fingerprint density at radius 1 is 0.977 bits per heavy atom. The molecule has 1 aromatic carbocycles. The van der Waals surface area contributed by atoms with Crippen molar-refractivity contribution < 1.29 is 33.4 Å². The molecule has 4 atom stereocenters. The molecule has 11 heteroatoms. The van der Waals surface area contributed by atoms with Crippen molar-refractivity contribution in [2.75, 3.05) is 46.6 Å². The topological polar surface area (TPSA) is 139 Å². The lowest BCUT2D eigenvalue weighted by atomic mass is 9.78. The second-order valence-corrected chi connectivity index (χ2v) is 12.6. The van der Waals surface area contributed by atoms with Gasteiger partial charge in [-0.25, -0.2) is 0 Å². The normalized spacial score (nSPS) is 26.0. The summed E-state index contributed by atoms with van der Waals surface area (Å²) in [5.74, 6) is 0.362. The van der Waals surface area contributed by atoms with E-state index in [1.165, 1.54) is 0 Å². The van der Waals surface area contributed by atoms with Crippen molar-refractivity contribution in [2.45, 2.75) is 83.0 Å². The van der Waals surface area contributed by atoms with E-state index in [0.717, 1.165) is 31.2 Å². The number of epoxide rings is 1. The number of nitrogens with one attached hydrogen (secondary N) is 3. The maximum atomic E-state index is 13.8. The van der Waals surface area contributed by atoms with Crippen LogP contribution in [-0.2, 0) is 35.1 Å². The number of hydrogen-bond acceptors (Lipinski definition) is 8. The van der Waals surface area contributed by atoms with Crippen LogP contribution in [0.1, 0.15) is 58.4 Å². The van der Waals surface area contributed by atoms with Crippen LogP contribution in [-0.4, -0.2) is 98.7 Å². The summed E-state index contributed by atoms with van der Waals surface area (Å²) >= 11 is 0. The minimum atomic E-state index is -0.964. The molecule has 1 aliphatic carbocycles. The minimum absolute atomic E-state index is 0.127. The number of Topliss-reactive ketones (excluding diaryl/α,β-unsaturated/α-hetero) is 1. The van der Waals surface area contributed by atoms with E-state index in [0.29, 0.717) is 56.9 Å². The van der Waals surface area contributed by atoms with Crippen LogP contribution >= 0.6 is 0 Å². The summed E-state index contributed by atoms with van der Waals surface area (Å²) in [5.41, 5.74) is -0.0691. The van der Waals surface area contributed by atoms with Gasteiger partial charge in [-0.2, -0.15) is 0 Å². The van der Waals surface area contributed by atoms with Crippen molar-refractivity contribution in [1.82, 2.24) is 20.9 Å². The molecule has 2 aliphatic heterocycles. The summed E-state index contributed by atoms with van der Waals surface area (Å²) in [6.45, 7) is 8.56. The fraction of sp³-hybridized carbons (Fsp3) is 0.688. The highest BCUT2D eigenvalue weighted by Crippen LogP contribution is 2.34. The maximum Gasteiger partial charge on any atom is 0.243 e. The quantitative estimate of drug-likeness (QED) is 0.274.